The molecule has 1 aromatic heterocycles. The summed E-state index contributed by atoms with van der Waals surface area (Å²) >= 11 is 5.86. The Morgan fingerprint density at radius 3 is 2.73 bits per heavy atom. The smallest absolute Gasteiger partial charge is 0.151 e. The van der Waals surface area contributed by atoms with E-state index in [1.807, 2.05) is 6.92 Å². The third-order valence-electron chi connectivity index (χ3n) is 2.18. The van der Waals surface area contributed by atoms with E-state index in [-0.39, 0.29) is 16.9 Å². The Morgan fingerprint density at radius 2 is 2.27 bits per heavy atom. The molecular weight excluding hydrogens is 236 g/mol. The van der Waals surface area contributed by atoms with E-state index < -0.39 is 9.84 Å². The Morgan fingerprint density at radius 1 is 1.60 bits per heavy atom. The number of rotatable bonds is 5. The van der Waals surface area contributed by atoms with Gasteiger partial charge in [0.2, 0.25) is 0 Å². The van der Waals surface area contributed by atoms with Crippen molar-refractivity contribution in [3.8, 4) is 0 Å². The van der Waals surface area contributed by atoms with Crippen molar-refractivity contribution in [2.45, 2.75) is 25.8 Å². The Kier molecular flexibility index (Phi) is 4.16. The molecule has 0 radical (unpaired) electrons. The van der Waals surface area contributed by atoms with Gasteiger partial charge in [-0.3, -0.25) is 4.68 Å². The van der Waals surface area contributed by atoms with Crippen LogP contribution < -0.4 is 0 Å². The lowest BCUT2D eigenvalue weighted by molar-refractivity contribution is 0.581. The van der Waals surface area contributed by atoms with E-state index in [4.69, 9.17) is 11.6 Å². The molecule has 0 saturated heterocycles. The summed E-state index contributed by atoms with van der Waals surface area (Å²) in [5.74, 6) is 0.300. The summed E-state index contributed by atoms with van der Waals surface area (Å²) in [4.78, 5) is 0. The van der Waals surface area contributed by atoms with Gasteiger partial charge in [-0.25, -0.2) is 8.42 Å². The van der Waals surface area contributed by atoms with Crippen molar-refractivity contribution in [1.82, 2.24) is 9.78 Å². The second-order valence-corrected chi connectivity index (χ2v) is 6.52. The van der Waals surface area contributed by atoms with Gasteiger partial charge in [-0.15, -0.1) is 11.6 Å². The molecule has 0 saturated carbocycles. The summed E-state index contributed by atoms with van der Waals surface area (Å²) in [7, 11) is -2.92. The van der Waals surface area contributed by atoms with Crippen molar-refractivity contribution in [3.63, 3.8) is 0 Å². The molecule has 1 heterocycles. The summed E-state index contributed by atoms with van der Waals surface area (Å²) in [5.41, 5.74) is 0.908. The molecule has 1 aromatic rings. The third-order valence-corrected chi connectivity index (χ3v) is 4.12. The number of nitrogens with zero attached hydrogens (tertiary/aromatic N) is 2. The zero-order chi connectivity index (χ0) is 11.5. The van der Waals surface area contributed by atoms with Gasteiger partial charge in [-0.2, -0.15) is 5.10 Å². The number of aryl methyl sites for hydroxylation is 1. The molecule has 0 N–H and O–H groups in total. The molecule has 0 aromatic carbocycles. The molecule has 0 aliphatic rings. The largest absolute Gasteiger partial charge is 0.271 e. The van der Waals surface area contributed by atoms with Gasteiger partial charge in [0.05, 0.1) is 23.9 Å². The molecule has 15 heavy (non-hydrogen) atoms. The maximum absolute atomic E-state index is 11.2. The molecule has 1 unspecified atom stereocenters. The van der Waals surface area contributed by atoms with Gasteiger partial charge in [-0.1, -0.05) is 6.92 Å². The van der Waals surface area contributed by atoms with Crippen LogP contribution in [0.5, 0.6) is 0 Å². The van der Waals surface area contributed by atoms with Crippen molar-refractivity contribution in [3.05, 3.63) is 18.0 Å². The van der Waals surface area contributed by atoms with Gasteiger partial charge in [0, 0.05) is 17.5 Å². The minimum absolute atomic E-state index is 0.0958. The Hall–Kier alpha value is -0.550. The van der Waals surface area contributed by atoms with E-state index in [1.54, 1.807) is 24.0 Å². The first-order valence-corrected chi connectivity index (χ1v) is 7.07. The van der Waals surface area contributed by atoms with Gasteiger partial charge in [0.15, 0.2) is 9.84 Å². The van der Waals surface area contributed by atoms with Crippen LogP contribution in [0, 0.1) is 0 Å². The third kappa shape index (κ3) is 3.83. The summed E-state index contributed by atoms with van der Waals surface area (Å²) in [5, 5.41) is 3.95. The molecule has 1 atom stereocenters. The van der Waals surface area contributed by atoms with Crippen LogP contribution in [0.25, 0.3) is 0 Å². The number of hydrogen-bond donors (Lipinski definition) is 0. The lowest BCUT2D eigenvalue weighted by atomic mass is 10.3. The highest BCUT2D eigenvalue weighted by Gasteiger charge is 2.09. The highest BCUT2D eigenvalue weighted by atomic mass is 35.5. The van der Waals surface area contributed by atoms with E-state index >= 15 is 0 Å². The maximum Gasteiger partial charge on any atom is 0.151 e. The average molecular weight is 251 g/mol. The van der Waals surface area contributed by atoms with Crippen LogP contribution in [0.15, 0.2) is 12.4 Å². The molecule has 0 bridgehead atoms. The van der Waals surface area contributed by atoms with Crippen molar-refractivity contribution in [1.29, 1.82) is 0 Å². The highest BCUT2D eigenvalue weighted by Crippen LogP contribution is 2.17. The monoisotopic (exact) mass is 250 g/mol. The normalized spacial score (nSPS) is 14.1. The molecule has 86 valence electrons. The first-order chi connectivity index (χ1) is 6.94. The minimum Gasteiger partial charge on any atom is -0.271 e. The van der Waals surface area contributed by atoms with Crippen molar-refractivity contribution in [2.75, 3.05) is 11.5 Å². The van der Waals surface area contributed by atoms with Crippen molar-refractivity contribution in [2.24, 2.45) is 0 Å². The summed E-state index contributed by atoms with van der Waals surface area (Å²) < 4.78 is 24.1. The molecule has 0 amide bonds. The van der Waals surface area contributed by atoms with Crippen LogP contribution in [0.2, 0.25) is 0 Å². The van der Waals surface area contributed by atoms with Crippen LogP contribution >= 0.6 is 11.6 Å². The first kappa shape index (κ1) is 12.5. The number of sulfone groups is 1. The Balaban J connectivity index is 2.59. The standard InChI is InChI=1S/C9H15ClN2O2S/c1-3-15(13,14)5-4-12-7-9(6-11-12)8(2)10/h6-8H,3-5H2,1-2H3. The molecule has 0 aliphatic heterocycles. The van der Waals surface area contributed by atoms with Gasteiger partial charge < -0.3 is 0 Å². The zero-order valence-corrected chi connectivity index (χ0v) is 10.4. The van der Waals surface area contributed by atoms with Crippen LogP contribution in [-0.2, 0) is 16.4 Å². The van der Waals surface area contributed by atoms with E-state index in [1.165, 1.54) is 0 Å². The van der Waals surface area contributed by atoms with E-state index in [0.29, 0.717) is 6.54 Å². The molecule has 1 rings (SSSR count). The van der Waals surface area contributed by atoms with Crippen LogP contribution in [0.3, 0.4) is 0 Å². The van der Waals surface area contributed by atoms with Crippen LogP contribution in [0.4, 0.5) is 0 Å². The molecule has 0 spiro atoms. The predicted octanol–water partition coefficient (Wildman–Crippen LogP) is 1.62. The number of hydrogen-bond acceptors (Lipinski definition) is 3. The van der Waals surface area contributed by atoms with E-state index in [9.17, 15) is 8.42 Å². The fraction of sp³-hybridized carbons (Fsp3) is 0.667. The topological polar surface area (TPSA) is 52.0 Å². The first-order valence-electron chi connectivity index (χ1n) is 4.81. The quantitative estimate of drug-likeness (QED) is 0.747. The molecule has 4 nitrogen and oxygen atoms in total. The zero-order valence-electron chi connectivity index (χ0n) is 8.85. The van der Waals surface area contributed by atoms with E-state index in [2.05, 4.69) is 5.10 Å². The molecule has 0 fully saturated rings. The number of alkyl halides is 1. The Labute approximate surface area is 95.2 Å². The molecule has 6 heteroatoms. The Bertz CT molecular complexity index is 412. The van der Waals surface area contributed by atoms with E-state index in [0.717, 1.165) is 5.56 Å². The van der Waals surface area contributed by atoms with Crippen molar-refractivity contribution >= 4 is 21.4 Å². The van der Waals surface area contributed by atoms with Crippen molar-refractivity contribution < 1.29 is 8.42 Å². The van der Waals surface area contributed by atoms with Gasteiger partial charge >= 0.3 is 0 Å². The van der Waals surface area contributed by atoms with Gasteiger partial charge in [-0.05, 0) is 6.92 Å². The SMILES string of the molecule is CCS(=O)(=O)CCn1cc(C(C)Cl)cn1. The fourth-order valence-corrected chi connectivity index (χ4v) is 1.95. The highest BCUT2D eigenvalue weighted by molar-refractivity contribution is 7.91. The maximum atomic E-state index is 11.2. The molecular formula is C9H15ClN2O2S. The predicted molar refractivity (Wildman–Crippen MR) is 60.8 cm³/mol. The number of aromatic nitrogens is 2. The average Bonchev–Trinajstić information content (AvgIpc) is 2.63. The van der Waals surface area contributed by atoms with Crippen LogP contribution in [0.1, 0.15) is 24.8 Å². The number of halogens is 1. The van der Waals surface area contributed by atoms with Gasteiger partial charge in [0.25, 0.3) is 0 Å². The molecule has 0 aliphatic carbocycles. The lowest BCUT2D eigenvalue weighted by Gasteiger charge is -2.01. The fourth-order valence-electron chi connectivity index (χ4n) is 1.08. The van der Waals surface area contributed by atoms with Gasteiger partial charge in [0.1, 0.15) is 0 Å². The summed E-state index contributed by atoms with van der Waals surface area (Å²) in [6, 6.07) is 0. The summed E-state index contributed by atoms with van der Waals surface area (Å²) in [6.07, 6.45) is 3.44. The second kappa shape index (κ2) is 4.99. The lowest BCUT2D eigenvalue weighted by Crippen LogP contribution is -2.14. The minimum atomic E-state index is -2.92. The summed E-state index contributed by atoms with van der Waals surface area (Å²) in [6.45, 7) is 3.89. The van der Waals surface area contributed by atoms with Crippen LogP contribution in [-0.4, -0.2) is 29.7 Å². The second-order valence-electron chi connectivity index (χ2n) is 3.39.